The fourth-order valence-electron chi connectivity index (χ4n) is 7.52. The number of carbonyl (C=O) groups is 1. The summed E-state index contributed by atoms with van der Waals surface area (Å²) in [7, 11) is 5.62. The van der Waals surface area contributed by atoms with E-state index in [1.54, 1.807) is 30.3 Å². The molecule has 0 spiro atoms. The van der Waals surface area contributed by atoms with Gasteiger partial charge in [-0.2, -0.15) is 24.7 Å². The Balaban J connectivity index is 1.25. The highest BCUT2D eigenvalue weighted by atomic mass is 32.1. The van der Waals surface area contributed by atoms with Crippen molar-refractivity contribution in [1.29, 1.82) is 5.26 Å². The first kappa shape index (κ1) is 32.5. The van der Waals surface area contributed by atoms with Crippen LogP contribution in [0.5, 0.6) is 6.01 Å². The largest absolute Gasteiger partial charge is 0.459 e. The molecule has 1 saturated heterocycles. The lowest BCUT2D eigenvalue weighted by Gasteiger charge is -2.33. The fraction of sp³-hybridized carbons (Fsp3) is 0.529. The lowest BCUT2D eigenvalue weighted by molar-refractivity contribution is 0.0821. The molecular formula is C34H42N10O2S2. The lowest BCUT2D eigenvalue weighted by atomic mass is 9.71. The van der Waals surface area contributed by atoms with Crippen LogP contribution in [0.15, 0.2) is 18.2 Å². The smallest absolute Gasteiger partial charge is 0.319 e. The number of rotatable bonds is 7. The number of aromatic nitrogens is 5. The number of nitriles is 1. The minimum absolute atomic E-state index is 0.0928. The van der Waals surface area contributed by atoms with E-state index in [0.29, 0.717) is 47.1 Å². The highest BCUT2D eigenvalue weighted by molar-refractivity contribution is 7.16. The minimum Gasteiger partial charge on any atom is -0.459 e. The average molecular weight is 687 g/mol. The number of anilines is 2. The van der Waals surface area contributed by atoms with Crippen molar-refractivity contribution >= 4 is 39.6 Å². The van der Waals surface area contributed by atoms with E-state index in [-0.39, 0.29) is 17.4 Å². The second-order valence-electron chi connectivity index (χ2n) is 13.6. The molecule has 0 aromatic carbocycles. The van der Waals surface area contributed by atoms with Crippen molar-refractivity contribution < 1.29 is 9.53 Å². The molecule has 7 rings (SSSR count). The molecule has 1 aliphatic carbocycles. The third-order valence-electron chi connectivity index (χ3n) is 10.1. The molecule has 48 heavy (non-hydrogen) atoms. The zero-order valence-corrected chi connectivity index (χ0v) is 29.8. The summed E-state index contributed by atoms with van der Waals surface area (Å²) in [6, 6.07) is 9.00. The summed E-state index contributed by atoms with van der Waals surface area (Å²) in [5, 5.41) is 15.2. The zero-order valence-electron chi connectivity index (χ0n) is 28.2. The molecule has 0 saturated carbocycles. The molecule has 0 bridgehead atoms. The molecule has 6 heterocycles. The van der Waals surface area contributed by atoms with Crippen LogP contribution in [0.1, 0.15) is 83.0 Å². The maximum Gasteiger partial charge on any atom is 0.319 e. The summed E-state index contributed by atoms with van der Waals surface area (Å²) >= 11 is 3.01. The second kappa shape index (κ2) is 12.8. The molecule has 2 aliphatic heterocycles. The predicted molar refractivity (Wildman–Crippen MR) is 188 cm³/mol. The van der Waals surface area contributed by atoms with Crippen molar-refractivity contribution in [1.82, 2.24) is 33.9 Å². The van der Waals surface area contributed by atoms with Crippen molar-refractivity contribution in [2.45, 2.75) is 83.0 Å². The Hall–Kier alpha value is -4.06. The predicted octanol–water partition coefficient (Wildman–Crippen LogP) is 4.93. The monoisotopic (exact) mass is 686 g/mol. The lowest BCUT2D eigenvalue weighted by Crippen LogP contribution is -2.38. The van der Waals surface area contributed by atoms with E-state index in [4.69, 9.17) is 24.8 Å². The SMILES string of the molecule is C[C@H](Oc1nc(-c2cc(C3(C)CCCc4sc(N)c(C#N)c43)sn2)cc(N2CCCn3nc(C(=O)N(C)C)cc3C2)n1)[C@@H]1CCCN1C. The first-order valence-corrected chi connectivity index (χ1v) is 18.2. The van der Waals surface area contributed by atoms with Gasteiger partial charge in [0.25, 0.3) is 5.91 Å². The zero-order chi connectivity index (χ0) is 33.7. The van der Waals surface area contributed by atoms with Crippen LogP contribution < -0.4 is 15.4 Å². The fourth-order valence-corrected chi connectivity index (χ4v) is 9.63. The van der Waals surface area contributed by atoms with Crippen LogP contribution in [-0.2, 0) is 24.9 Å². The molecule has 1 amide bonds. The van der Waals surface area contributed by atoms with Crippen molar-refractivity contribution in [2.24, 2.45) is 0 Å². The van der Waals surface area contributed by atoms with Gasteiger partial charge in [0.15, 0.2) is 5.69 Å². The normalized spacial score (nSPS) is 21.7. The highest BCUT2D eigenvalue weighted by Crippen LogP contribution is 2.50. The number of hydrogen-bond donors (Lipinski definition) is 1. The van der Waals surface area contributed by atoms with Gasteiger partial charge in [0.2, 0.25) is 0 Å². The van der Waals surface area contributed by atoms with E-state index in [1.165, 1.54) is 16.4 Å². The number of ether oxygens (including phenoxy) is 1. The van der Waals surface area contributed by atoms with Gasteiger partial charge in [-0.05, 0) is 88.3 Å². The molecule has 2 N–H and O–H groups in total. The highest BCUT2D eigenvalue weighted by Gasteiger charge is 2.40. The molecule has 14 heteroatoms. The summed E-state index contributed by atoms with van der Waals surface area (Å²) in [5.41, 5.74) is 10.5. The first-order valence-electron chi connectivity index (χ1n) is 16.6. The number of nitrogen functional groups attached to an aromatic ring is 1. The number of aryl methyl sites for hydroxylation is 2. The van der Waals surface area contributed by atoms with Gasteiger partial charge >= 0.3 is 6.01 Å². The van der Waals surface area contributed by atoms with Gasteiger partial charge in [0.1, 0.15) is 28.7 Å². The topological polar surface area (TPSA) is 142 Å². The summed E-state index contributed by atoms with van der Waals surface area (Å²) in [6.45, 7) is 7.38. The van der Waals surface area contributed by atoms with E-state index < -0.39 is 0 Å². The van der Waals surface area contributed by atoms with Crippen molar-refractivity contribution in [3.63, 3.8) is 0 Å². The molecule has 252 valence electrons. The summed E-state index contributed by atoms with van der Waals surface area (Å²) in [4.78, 5) is 31.0. The van der Waals surface area contributed by atoms with E-state index in [9.17, 15) is 10.1 Å². The number of likely N-dealkylation sites (tertiary alicyclic amines) is 1. The first-order chi connectivity index (χ1) is 23.0. The Morgan fingerprint density at radius 2 is 2.00 bits per heavy atom. The van der Waals surface area contributed by atoms with E-state index in [1.807, 2.05) is 16.8 Å². The number of hydrogen-bond acceptors (Lipinski definition) is 12. The van der Waals surface area contributed by atoms with Gasteiger partial charge in [-0.15, -0.1) is 11.3 Å². The van der Waals surface area contributed by atoms with Crippen molar-refractivity contribution in [3.8, 4) is 23.5 Å². The third kappa shape index (κ3) is 5.82. The molecule has 4 aromatic heterocycles. The summed E-state index contributed by atoms with van der Waals surface area (Å²) in [5.74, 6) is 0.633. The van der Waals surface area contributed by atoms with Crippen LogP contribution in [0.4, 0.5) is 10.8 Å². The summed E-state index contributed by atoms with van der Waals surface area (Å²) in [6.07, 6.45) is 5.85. The van der Waals surface area contributed by atoms with Crippen LogP contribution in [0, 0.1) is 11.3 Å². The van der Waals surface area contributed by atoms with Gasteiger partial charge in [-0.1, -0.05) is 6.92 Å². The van der Waals surface area contributed by atoms with Gasteiger partial charge in [-0.3, -0.25) is 14.4 Å². The van der Waals surface area contributed by atoms with Crippen LogP contribution in [-0.4, -0.2) is 86.2 Å². The number of nitrogens with two attached hydrogens (primary N) is 1. The quantitative estimate of drug-likeness (QED) is 0.285. The van der Waals surface area contributed by atoms with Gasteiger partial charge < -0.3 is 20.3 Å². The van der Waals surface area contributed by atoms with Gasteiger partial charge in [-0.25, -0.2) is 0 Å². The maximum atomic E-state index is 12.7. The van der Waals surface area contributed by atoms with Crippen LogP contribution >= 0.6 is 22.9 Å². The molecule has 0 radical (unpaired) electrons. The molecule has 12 nitrogen and oxygen atoms in total. The Morgan fingerprint density at radius 3 is 2.75 bits per heavy atom. The van der Waals surface area contributed by atoms with Crippen LogP contribution in [0.3, 0.4) is 0 Å². The number of likely N-dealkylation sites (N-methyl/N-ethyl adjacent to an activating group) is 1. The average Bonchev–Trinajstić information content (AvgIpc) is 3.85. The third-order valence-corrected chi connectivity index (χ3v) is 12.3. The summed E-state index contributed by atoms with van der Waals surface area (Å²) < 4.78 is 13.4. The minimum atomic E-state index is -0.357. The van der Waals surface area contributed by atoms with Gasteiger partial charge in [0, 0.05) is 54.5 Å². The second-order valence-corrected chi connectivity index (χ2v) is 15.6. The Bertz CT molecular complexity index is 1890. The molecule has 1 unspecified atom stereocenters. The number of carbonyl (C=O) groups excluding carboxylic acids is 1. The van der Waals surface area contributed by atoms with Crippen LogP contribution in [0.2, 0.25) is 0 Å². The van der Waals surface area contributed by atoms with Crippen molar-refractivity contribution in [2.75, 3.05) is 44.9 Å². The molecular weight excluding hydrogens is 645 g/mol. The molecule has 4 aromatic rings. The van der Waals surface area contributed by atoms with Gasteiger partial charge in [0.05, 0.1) is 23.5 Å². The Labute approximate surface area is 289 Å². The maximum absolute atomic E-state index is 12.7. The number of fused-ring (bicyclic) bond motifs is 2. The van der Waals surface area contributed by atoms with Crippen molar-refractivity contribution in [3.05, 3.63) is 50.5 Å². The Kier molecular flexibility index (Phi) is 8.63. The van der Waals surface area contributed by atoms with Crippen LogP contribution in [0.25, 0.3) is 11.4 Å². The Morgan fingerprint density at radius 1 is 1.17 bits per heavy atom. The number of nitrogens with zero attached hydrogens (tertiary/aromatic N) is 9. The number of amides is 1. The number of thiophene rings is 1. The molecule has 1 fully saturated rings. The van der Waals surface area contributed by atoms with E-state index in [0.717, 1.165) is 79.3 Å². The molecule has 3 aliphatic rings. The standard InChI is InChI=1S/C34H42N10O2S2/c1-20(26-9-7-12-42(26)5)46-33-37-23(17-29(38-33)43-13-8-14-44-21(19-43)15-25(39-44)32(45)41(3)4)24-16-28(48-40-24)34(2)11-6-10-27-30(34)22(18-35)31(36)47-27/h15-17,20,26H,6-14,19,36H2,1-5H3/t20-,26-,34?/m0/s1. The molecule has 3 atom stereocenters. The van der Waals surface area contributed by atoms with E-state index >= 15 is 0 Å². The van der Waals surface area contributed by atoms with E-state index in [2.05, 4.69) is 47.9 Å².